The second-order valence-electron chi connectivity index (χ2n) is 16.5. The maximum absolute atomic E-state index is 11.9. The van der Waals surface area contributed by atoms with Gasteiger partial charge >= 0.3 is 11.9 Å². The van der Waals surface area contributed by atoms with Gasteiger partial charge in [0.15, 0.2) is 0 Å². The molecule has 16 nitrogen and oxygen atoms in total. The number of hydrogen-bond donors (Lipinski definition) is 6. The minimum Gasteiger partial charge on any atom is -0.488 e. The molecule has 6 aromatic rings. The van der Waals surface area contributed by atoms with E-state index in [-0.39, 0.29) is 66.8 Å². The molecule has 0 spiro atoms. The number of aliphatic hydroxyl groups is 2. The molecule has 6 rings (SSSR count). The summed E-state index contributed by atoms with van der Waals surface area (Å²) in [6, 6.07) is 22.7. The normalized spacial score (nSPS) is 13.0. The first-order valence-corrected chi connectivity index (χ1v) is 23.1. The molecule has 0 bridgehead atoms. The average Bonchev–Trinajstić information content (AvgIpc) is 3.36. The monoisotopic (exact) mass is 1040 g/mol. The molecule has 4 aromatic carbocycles. The Hall–Kier alpha value is -6.52. The predicted molar refractivity (Wildman–Crippen MR) is 269 cm³/mol. The van der Waals surface area contributed by atoms with Gasteiger partial charge in [-0.3, -0.25) is 35.2 Å². The Kier molecular flexibility index (Phi) is 18.6. The van der Waals surface area contributed by atoms with Crippen molar-refractivity contribution in [1.82, 2.24) is 20.6 Å². The zero-order chi connectivity index (χ0) is 51.3. The lowest BCUT2D eigenvalue weighted by molar-refractivity contribution is -0.146. The van der Waals surface area contributed by atoms with Crippen LogP contribution in [0.1, 0.15) is 58.4 Å². The van der Waals surface area contributed by atoms with Crippen molar-refractivity contribution in [3.05, 3.63) is 162 Å². The minimum atomic E-state index is -1.66. The van der Waals surface area contributed by atoms with Crippen molar-refractivity contribution >= 4 is 64.6 Å². The van der Waals surface area contributed by atoms with Crippen LogP contribution in [-0.4, -0.2) is 79.9 Å². The predicted octanol–water partition coefficient (Wildman–Crippen LogP) is 8.84. The first kappa shape index (κ1) is 53.8. The number of nitrogens with one attached hydrogen (secondary N) is 2. The Balaban J connectivity index is 1.22. The van der Waals surface area contributed by atoms with Crippen LogP contribution in [0, 0.1) is 11.3 Å². The lowest BCUT2D eigenvalue weighted by Gasteiger charge is -2.25. The number of carboxylic acids is 2. The van der Waals surface area contributed by atoms with Crippen LogP contribution in [0.5, 0.6) is 23.0 Å². The highest BCUT2D eigenvalue weighted by Gasteiger charge is 2.33. The third-order valence-electron chi connectivity index (χ3n) is 11.2. The summed E-state index contributed by atoms with van der Waals surface area (Å²) < 4.78 is 24.9. The van der Waals surface area contributed by atoms with Crippen molar-refractivity contribution in [3.8, 4) is 40.2 Å². The second-order valence-corrected chi connectivity index (χ2v) is 18.1. The number of aliphatic imine (C=N–C) groups is 1. The van der Waals surface area contributed by atoms with Gasteiger partial charge < -0.3 is 39.4 Å². The molecule has 71 heavy (non-hydrogen) atoms. The van der Waals surface area contributed by atoms with Crippen molar-refractivity contribution < 1.29 is 49.0 Å². The fourth-order valence-corrected chi connectivity index (χ4v) is 7.81. The fourth-order valence-electron chi connectivity index (χ4n) is 6.76. The Morgan fingerprint density at radius 2 is 1.10 bits per heavy atom. The maximum atomic E-state index is 11.9. The van der Waals surface area contributed by atoms with E-state index in [4.69, 9.17) is 65.4 Å². The summed E-state index contributed by atoms with van der Waals surface area (Å²) in [5, 5.41) is 55.3. The number of aliphatic carboxylic acids is 2. The molecular weight excluding hydrogens is 998 g/mol. The molecule has 370 valence electrons. The smallest absolute Gasteiger partial charge is 0.326 e. The van der Waals surface area contributed by atoms with E-state index in [1.807, 2.05) is 24.3 Å². The number of rotatable bonds is 24. The third kappa shape index (κ3) is 13.7. The van der Waals surface area contributed by atoms with Crippen molar-refractivity contribution in [2.45, 2.75) is 64.4 Å². The van der Waals surface area contributed by atoms with Gasteiger partial charge in [0.2, 0.25) is 0 Å². The highest BCUT2D eigenvalue weighted by Crippen LogP contribution is 2.40. The Bertz CT molecular complexity index is 2970. The molecular formula is C51H48Cl4N6O10. The van der Waals surface area contributed by atoms with E-state index < -0.39 is 36.2 Å². The van der Waals surface area contributed by atoms with Gasteiger partial charge in [0.1, 0.15) is 66.6 Å². The molecule has 0 saturated carbocycles. The number of nitriles is 1. The van der Waals surface area contributed by atoms with Gasteiger partial charge in [0.05, 0.1) is 38.9 Å². The van der Waals surface area contributed by atoms with E-state index in [0.29, 0.717) is 60.3 Å². The van der Waals surface area contributed by atoms with E-state index in [0.717, 1.165) is 11.1 Å². The highest BCUT2D eigenvalue weighted by molar-refractivity contribution is 6.37. The summed E-state index contributed by atoms with van der Waals surface area (Å²) in [6.45, 7) is 1.31. The molecule has 2 unspecified atom stereocenters. The van der Waals surface area contributed by atoms with Crippen LogP contribution in [0.2, 0.25) is 20.1 Å². The third-order valence-corrected chi connectivity index (χ3v) is 12.6. The lowest BCUT2D eigenvalue weighted by Crippen LogP contribution is -2.52. The number of aromatic nitrogens is 2. The highest BCUT2D eigenvalue weighted by atomic mass is 35.5. The van der Waals surface area contributed by atoms with E-state index in [2.05, 4.69) is 25.6 Å². The van der Waals surface area contributed by atoms with Crippen LogP contribution in [0.3, 0.4) is 0 Å². The molecule has 6 N–H and O–H groups in total. The largest absolute Gasteiger partial charge is 0.488 e. The number of benzene rings is 4. The van der Waals surface area contributed by atoms with E-state index in [1.165, 1.54) is 20.0 Å². The molecule has 2 aromatic heterocycles. The zero-order valence-electron chi connectivity index (χ0n) is 38.5. The van der Waals surface area contributed by atoms with Gasteiger partial charge in [-0.1, -0.05) is 82.8 Å². The Labute approximate surface area is 429 Å². The number of hydrogen-bond acceptors (Lipinski definition) is 14. The SMILES string of the molecule is CN=Cc1cncc(COc2cc(OCc3cccc(-c4cccc(COc5cc(OCc6cncc(C#N)c6)c(CNC(C)(CO)C(=O)O)cc5Cl)c4Cl)c3Cl)c(Cl)cc2CNC(C)(CO)C(=O)O)c1. The van der Waals surface area contributed by atoms with Crippen LogP contribution in [0.4, 0.5) is 0 Å². The summed E-state index contributed by atoms with van der Waals surface area (Å²) >= 11 is 27.7. The number of aliphatic hydroxyl groups excluding tert-OH is 2. The number of nitrogens with zero attached hydrogens (tertiary/aromatic N) is 4. The minimum absolute atomic E-state index is 0.00331. The zero-order valence-corrected chi connectivity index (χ0v) is 41.5. The summed E-state index contributed by atoms with van der Waals surface area (Å²) in [6.07, 6.45) is 7.95. The molecule has 0 fully saturated rings. The van der Waals surface area contributed by atoms with Crippen LogP contribution in [0.25, 0.3) is 11.1 Å². The summed E-state index contributed by atoms with van der Waals surface area (Å²) in [7, 11) is 1.65. The number of carboxylic acid groups (broad SMARTS) is 2. The molecule has 0 aliphatic carbocycles. The van der Waals surface area contributed by atoms with Crippen LogP contribution >= 0.6 is 46.4 Å². The Morgan fingerprint density at radius 1 is 0.648 bits per heavy atom. The average molecular weight is 1050 g/mol. The van der Waals surface area contributed by atoms with Crippen LogP contribution in [0.15, 0.2) is 103 Å². The Morgan fingerprint density at radius 3 is 1.54 bits per heavy atom. The standard InChI is InChI=1S/C51H48Cl4N6O10/c1-50(28-62,48(64)65)60-22-36-12-40(52)44(14-42(36)68-24-32-10-30(16-56)18-58-20-32)70-26-34-6-4-8-38(46(34)54)39-9-5-7-35(47(39)55)27-71-45-15-43(69-25-33-11-31(17-57-3)19-59-21-33)37(13-41(45)53)23-61-51(2,29-63)49(66)67/h4-15,17-21,60-63H,22-29H2,1-3H3,(H,64,65)(H,66,67). The van der Waals surface area contributed by atoms with Gasteiger partial charge in [-0.2, -0.15) is 5.26 Å². The van der Waals surface area contributed by atoms with Gasteiger partial charge in [-0.05, 0) is 38.1 Å². The molecule has 0 saturated heterocycles. The molecule has 0 radical (unpaired) electrons. The van der Waals surface area contributed by atoms with E-state index in [1.54, 1.807) is 86.5 Å². The van der Waals surface area contributed by atoms with Crippen molar-refractivity contribution in [3.63, 3.8) is 0 Å². The second kappa shape index (κ2) is 24.5. The van der Waals surface area contributed by atoms with E-state index >= 15 is 0 Å². The summed E-state index contributed by atoms with van der Waals surface area (Å²) in [4.78, 5) is 36.2. The topological polar surface area (TPSA) is 238 Å². The summed E-state index contributed by atoms with van der Waals surface area (Å²) in [5.41, 5.74) is 2.51. The van der Waals surface area contributed by atoms with Gasteiger partial charge in [0, 0.05) is 113 Å². The van der Waals surface area contributed by atoms with Crippen molar-refractivity contribution in [1.29, 1.82) is 5.26 Å². The first-order valence-electron chi connectivity index (χ1n) is 21.6. The van der Waals surface area contributed by atoms with Crippen molar-refractivity contribution in [2.75, 3.05) is 20.3 Å². The van der Waals surface area contributed by atoms with Crippen LogP contribution in [-0.2, 0) is 49.1 Å². The molecule has 20 heteroatoms. The van der Waals surface area contributed by atoms with Gasteiger partial charge in [-0.25, -0.2) is 0 Å². The van der Waals surface area contributed by atoms with Crippen LogP contribution < -0.4 is 29.6 Å². The molecule has 2 atom stereocenters. The number of pyridine rings is 2. The molecule has 0 aliphatic heterocycles. The molecule has 0 amide bonds. The quantitative estimate of drug-likeness (QED) is 0.0311. The number of carbonyl (C=O) groups is 2. The molecule has 2 heterocycles. The fraction of sp³-hybridized carbons (Fsp3) is 0.255. The van der Waals surface area contributed by atoms with Gasteiger partial charge in [0.25, 0.3) is 0 Å². The maximum Gasteiger partial charge on any atom is 0.326 e. The lowest BCUT2D eigenvalue weighted by atomic mass is 10.0. The van der Waals surface area contributed by atoms with Gasteiger partial charge in [-0.15, -0.1) is 0 Å². The first-order chi connectivity index (χ1) is 34.0. The molecule has 0 aliphatic rings. The number of ether oxygens (including phenoxy) is 4. The van der Waals surface area contributed by atoms with Crippen molar-refractivity contribution in [2.24, 2.45) is 4.99 Å². The summed E-state index contributed by atoms with van der Waals surface area (Å²) in [5.74, 6) is -1.39. The van der Waals surface area contributed by atoms with E-state index in [9.17, 15) is 35.3 Å². The number of halogens is 4.